The molecule has 74 valence electrons. The van der Waals surface area contributed by atoms with E-state index in [1.807, 2.05) is 0 Å². The highest BCUT2D eigenvalue weighted by Crippen LogP contribution is 2.03. The Hall–Kier alpha value is -1.91. The zero-order valence-corrected chi connectivity index (χ0v) is 7.67. The van der Waals surface area contributed by atoms with E-state index < -0.39 is 0 Å². The van der Waals surface area contributed by atoms with Crippen molar-refractivity contribution in [1.29, 1.82) is 0 Å². The summed E-state index contributed by atoms with van der Waals surface area (Å²) in [5.41, 5.74) is 0. The third-order valence-electron chi connectivity index (χ3n) is 1.44. The largest absolute Gasteiger partial charge is 0.505 e. The van der Waals surface area contributed by atoms with Gasteiger partial charge in [0.25, 0.3) is 0 Å². The summed E-state index contributed by atoms with van der Waals surface area (Å²) < 4.78 is 4.44. The van der Waals surface area contributed by atoms with Gasteiger partial charge in [0.05, 0.1) is 25.9 Å². The molecule has 0 saturated heterocycles. The summed E-state index contributed by atoms with van der Waals surface area (Å²) in [7, 11) is 1.33. The fraction of sp³-hybridized carbons (Fsp3) is 0.222. The molecule has 1 heterocycles. The molecule has 1 aromatic rings. The van der Waals surface area contributed by atoms with E-state index in [4.69, 9.17) is 5.11 Å². The lowest BCUT2D eigenvalue weighted by molar-refractivity contribution is -0.139. The lowest BCUT2D eigenvalue weighted by Crippen LogP contribution is -1.96. The van der Waals surface area contributed by atoms with Gasteiger partial charge in [0.15, 0.2) is 11.6 Å². The summed E-state index contributed by atoms with van der Waals surface area (Å²) in [6, 6.07) is 0. The van der Waals surface area contributed by atoms with Gasteiger partial charge >= 0.3 is 5.97 Å². The first-order valence-electron chi connectivity index (χ1n) is 3.96. The Kier molecular flexibility index (Phi) is 3.60. The van der Waals surface area contributed by atoms with Gasteiger partial charge in [-0.3, -0.25) is 4.79 Å². The molecule has 0 aromatic carbocycles. The molecule has 0 amide bonds. The lowest BCUT2D eigenvalue weighted by Gasteiger charge is -1.93. The topological polar surface area (TPSA) is 72.3 Å². The molecule has 0 spiro atoms. The van der Waals surface area contributed by atoms with E-state index in [0.717, 1.165) is 0 Å². The molecule has 5 nitrogen and oxygen atoms in total. The van der Waals surface area contributed by atoms with Crippen LogP contribution in [0.15, 0.2) is 18.5 Å². The zero-order valence-electron chi connectivity index (χ0n) is 7.67. The van der Waals surface area contributed by atoms with Crippen LogP contribution < -0.4 is 0 Å². The number of aromatic hydroxyl groups is 1. The van der Waals surface area contributed by atoms with Gasteiger partial charge in [-0.1, -0.05) is 6.08 Å². The summed E-state index contributed by atoms with van der Waals surface area (Å²) in [6.07, 6.45) is 5.92. The number of hydrogen-bond donors (Lipinski definition) is 1. The molecule has 0 fully saturated rings. The Balaban J connectivity index is 2.52. The van der Waals surface area contributed by atoms with Crippen molar-refractivity contribution in [2.24, 2.45) is 0 Å². The van der Waals surface area contributed by atoms with Crippen molar-refractivity contribution in [2.75, 3.05) is 7.11 Å². The first-order chi connectivity index (χ1) is 6.72. The maximum atomic E-state index is 10.7. The van der Waals surface area contributed by atoms with Crippen molar-refractivity contribution in [3.8, 4) is 5.75 Å². The number of esters is 1. The molecule has 14 heavy (non-hydrogen) atoms. The first kappa shape index (κ1) is 10.2. The molecule has 1 N–H and O–H groups in total. The monoisotopic (exact) mass is 194 g/mol. The van der Waals surface area contributed by atoms with E-state index in [-0.39, 0.29) is 18.1 Å². The zero-order chi connectivity index (χ0) is 10.4. The Bertz CT molecular complexity index is 332. The highest BCUT2D eigenvalue weighted by Gasteiger charge is 1.95. The number of ether oxygens (including phenoxy) is 1. The quantitative estimate of drug-likeness (QED) is 0.719. The number of carbonyl (C=O) groups excluding carboxylic acids is 1. The Morgan fingerprint density at radius 2 is 2.21 bits per heavy atom. The van der Waals surface area contributed by atoms with Crippen LogP contribution in [0.1, 0.15) is 12.2 Å². The standard InChI is InChI=1S/C9H10N2O3/c1-14-9(13)4-2-3-8-10-5-7(12)6-11-8/h2-3,5-6,12H,4H2,1H3. The van der Waals surface area contributed by atoms with Gasteiger partial charge < -0.3 is 9.84 Å². The van der Waals surface area contributed by atoms with E-state index in [9.17, 15) is 4.79 Å². The predicted octanol–water partition coefficient (Wildman–Crippen LogP) is 0.758. The number of hydrogen-bond acceptors (Lipinski definition) is 5. The fourth-order valence-corrected chi connectivity index (χ4v) is 0.761. The van der Waals surface area contributed by atoms with Crippen molar-refractivity contribution in [1.82, 2.24) is 9.97 Å². The van der Waals surface area contributed by atoms with Crippen molar-refractivity contribution in [2.45, 2.75) is 6.42 Å². The molecule has 0 bridgehead atoms. The van der Waals surface area contributed by atoms with Gasteiger partial charge in [0.2, 0.25) is 0 Å². The van der Waals surface area contributed by atoms with E-state index in [1.54, 1.807) is 12.2 Å². The van der Waals surface area contributed by atoms with Crippen LogP contribution >= 0.6 is 0 Å². The fourth-order valence-electron chi connectivity index (χ4n) is 0.761. The normalized spacial score (nSPS) is 10.4. The second-order valence-corrected chi connectivity index (χ2v) is 2.48. The molecule has 0 aliphatic rings. The number of aromatic nitrogens is 2. The van der Waals surface area contributed by atoms with Crippen molar-refractivity contribution in [3.05, 3.63) is 24.3 Å². The van der Waals surface area contributed by atoms with Gasteiger partial charge in [-0.15, -0.1) is 0 Å². The molecule has 0 saturated carbocycles. The van der Waals surface area contributed by atoms with Crippen molar-refractivity contribution < 1.29 is 14.6 Å². The summed E-state index contributed by atoms with van der Waals surface area (Å²) in [5, 5.41) is 8.89. The highest BCUT2D eigenvalue weighted by molar-refractivity contribution is 5.72. The second-order valence-electron chi connectivity index (χ2n) is 2.48. The van der Waals surface area contributed by atoms with Crippen LogP contribution in [-0.2, 0) is 9.53 Å². The van der Waals surface area contributed by atoms with Gasteiger partial charge in [0, 0.05) is 0 Å². The maximum absolute atomic E-state index is 10.7. The minimum atomic E-state index is -0.319. The molecule has 1 rings (SSSR count). The van der Waals surface area contributed by atoms with Crippen LogP contribution in [-0.4, -0.2) is 28.2 Å². The van der Waals surface area contributed by atoms with Crippen LogP contribution in [0.3, 0.4) is 0 Å². The third-order valence-corrected chi connectivity index (χ3v) is 1.44. The summed E-state index contributed by atoms with van der Waals surface area (Å²) >= 11 is 0. The first-order valence-corrected chi connectivity index (χ1v) is 3.96. The smallest absolute Gasteiger partial charge is 0.309 e. The molecule has 0 atom stereocenters. The molecular formula is C9H10N2O3. The molecule has 0 aliphatic carbocycles. The molecule has 0 radical (unpaired) electrons. The van der Waals surface area contributed by atoms with Crippen LogP contribution in [0.4, 0.5) is 0 Å². The average Bonchev–Trinajstić information content (AvgIpc) is 2.21. The van der Waals surface area contributed by atoms with Crippen LogP contribution in [0.5, 0.6) is 5.75 Å². The molecule has 5 heteroatoms. The van der Waals surface area contributed by atoms with E-state index in [1.165, 1.54) is 19.5 Å². The second kappa shape index (κ2) is 4.96. The summed E-state index contributed by atoms with van der Waals surface area (Å²) in [4.78, 5) is 18.3. The Labute approximate surface area is 81.1 Å². The predicted molar refractivity (Wildman–Crippen MR) is 49.4 cm³/mol. The van der Waals surface area contributed by atoms with E-state index in [2.05, 4.69) is 14.7 Å². The van der Waals surface area contributed by atoms with Gasteiger partial charge in [-0.05, 0) is 6.08 Å². The summed E-state index contributed by atoms with van der Waals surface area (Å²) in [6.45, 7) is 0. The number of nitrogens with zero attached hydrogens (tertiary/aromatic N) is 2. The maximum Gasteiger partial charge on any atom is 0.309 e. The Morgan fingerprint density at radius 1 is 1.57 bits per heavy atom. The lowest BCUT2D eigenvalue weighted by atomic mass is 10.3. The molecule has 0 unspecified atom stereocenters. The molecule has 0 aliphatic heterocycles. The average molecular weight is 194 g/mol. The minimum absolute atomic E-state index is 0.00937. The van der Waals surface area contributed by atoms with Crippen LogP contribution in [0, 0.1) is 0 Å². The number of methoxy groups -OCH3 is 1. The van der Waals surface area contributed by atoms with Crippen molar-refractivity contribution >= 4 is 12.0 Å². The SMILES string of the molecule is COC(=O)CC=Cc1ncc(O)cn1. The van der Waals surface area contributed by atoms with Crippen LogP contribution in [0.2, 0.25) is 0 Å². The van der Waals surface area contributed by atoms with E-state index in [0.29, 0.717) is 5.82 Å². The minimum Gasteiger partial charge on any atom is -0.505 e. The van der Waals surface area contributed by atoms with E-state index >= 15 is 0 Å². The summed E-state index contributed by atoms with van der Waals surface area (Å²) in [5.74, 6) is 0.127. The highest BCUT2D eigenvalue weighted by atomic mass is 16.5. The van der Waals surface area contributed by atoms with Crippen LogP contribution in [0.25, 0.3) is 6.08 Å². The number of carbonyl (C=O) groups is 1. The van der Waals surface area contributed by atoms with Gasteiger partial charge in [-0.2, -0.15) is 0 Å². The van der Waals surface area contributed by atoms with Crippen molar-refractivity contribution in [3.63, 3.8) is 0 Å². The Morgan fingerprint density at radius 3 is 2.79 bits per heavy atom. The number of rotatable bonds is 3. The van der Waals surface area contributed by atoms with Gasteiger partial charge in [-0.25, -0.2) is 9.97 Å². The third kappa shape index (κ3) is 3.22. The molecule has 1 aromatic heterocycles. The molecular weight excluding hydrogens is 184 g/mol. The van der Waals surface area contributed by atoms with Gasteiger partial charge in [0.1, 0.15) is 0 Å².